The first-order chi connectivity index (χ1) is 14.0. The van der Waals surface area contributed by atoms with Crippen molar-refractivity contribution in [1.29, 1.82) is 0 Å². The van der Waals surface area contributed by atoms with Crippen molar-refractivity contribution in [3.05, 3.63) is 34.5 Å². The van der Waals surface area contributed by atoms with Crippen LogP contribution in [-0.4, -0.2) is 67.0 Å². The number of fused-ring (bicyclic) bond motifs is 1. The Bertz CT molecular complexity index is 919. The maximum Gasteiger partial charge on any atom is 0.264 e. The second kappa shape index (κ2) is 8.38. The Labute approximate surface area is 173 Å². The molecule has 1 saturated carbocycles. The summed E-state index contributed by atoms with van der Waals surface area (Å²) in [5.74, 6) is -0.354. The van der Waals surface area contributed by atoms with E-state index in [2.05, 4.69) is 10.2 Å². The summed E-state index contributed by atoms with van der Waals surface area (Å²) in [5, 5.41) is 3.52. The molecule has 0 bridgehead atoms. The highest BCUT2D eigenvalue weighted by Gasteiger charge is 2.32. The molecule has 1 atom stereocenters. The topological polar surface area (TPSA) is 61.9 Å². The summed E-state index contributed by atoms with van der Waals surface area (Å²) in [6.07, 6.45) is 2.14. The molecule has 4 rings (SSSR count). The maximum absolute atomic E-state index is 14.4. The summed E-state index contributed by atoms with van der Waals surface area (Å²) in [7, 11) is 1.55. The van der Waals surface area contributed by atoms with Crippen molar-refractivity contribution >= 4 is 33.2 Å². The third-order valence-electron chi connectivity index (χ3n) is 5.70. The molecule has 2 aromatic rings. The zero-order valence-electron chi connectivity index (χ0n) is 16.7. The molecule has 1 aromatic heterocycles. The van der Waals surface area contributed by atoms with Crippen LogP contribution in [0.3, 0.4) is 0 Å². The van der Waals surface area contributed by atoms with Crippen molar-refractivity contribution in [3.63, 3.8) is 0 Å². The van der Waals surface area contributed by atoms with Crippen molar-refractivity contribution in [2.24, 2.45) is 0 Å². The van der Waals surface area contributed by atoms with E-state index in [1.807, 2.05) is 13.0 Å². The number of nitrogens with zero attached hydrogens (tertiary/aromatic N) is 2. The average molecular weight is 420 g/mol. The molecule has 8 heteroatoms. The van der Waals surface area contributed by atoms with Gasteiger partial charge >= 0.3 is 0 Å². The quantitative estimate of drug-likeness (QED) is 0.782. The standard InChI is InChI=1S/C21H26FN3O3S/c1-13(20(26)23-14-6-7-14)24-8-10-25(11-9-24)21(27)19-15(12-28-2)18-16(22)4-3-5-17(18)29-19/h3-5,13-14H,6-12H2,1-2H3,(H,23,26). The van der Waals surface area contributed by atoms with Crippen LogP contribution in [0.25, 0.3) is 10.1 Å². The normalized spacial score (nSPS) is 18.8. The van der Waals surface area contributed by atoms with E-state index in [4.69, 9.17) is 4.74 Å². The fourth-order valence-electron chi connectivity index (χ4n) is 3.79. The SMILES string of the molecule is COCc1c(C(=O)N2CCN(C(C)C(=O)NC3CC3)CC2)sc2cccc(F)c12. The molecule has 6 nitrogen and oxygen atoms in total. The molecule has 1 N–H and O–H groups in total. The number of nitrogens with one attached hydrogen (secondary N) is 1. The van der Waals surface area contributed by atoms with Crippen LogP contribution >= 0.6 is 11.3 Å². The monoisotopic (exact) mass is 419 g/mol. The highest BCUT2D eigenvalue weighted by atomic mass is 32.1. The zero-order valence-corrected chi connectivity index (χ0v) is 17.6. The van der Waals surface area contributed by atoms with E-state index in [0.29, 0.717) is 48.0 Å². The Balaban J connectivity index is 1.46. The first-order valence-corrected chi connectivity index (χ1v) is 10.8. The minimum Gasteiger partial charge on any atom is -0.380 e. The van der Waals surface area contributed by atoms with E-state index >= 15 is 0 Å². The summed E-state index contributed by atoms with van der Waals surface area (Å²) in [4.78, 5) is 29.9. The third-order valence-corrected chi connectivity index (χ3v) is 6.88. The van der Waals surface area contributed by atoms with Crippen molar-refractivity contribution in [2.45, 2.75) is 38.5 Å². The number of hydrogen-bond donors (Lipinski definition) is 1. The van der Waals surface area contributed by atoms with Crippen molar-refractivity contribution < 1.29 is 18.7 Å². The molecule has 156 valence electrons. The second-order valence-electron chi connectivity index (χ2n) is 7.74. The number of carbonyl (C=O) groups excluding carboxylic acids is 2. The molecular weight excluding hydrogens is 393 g/mol. The van der Waals surface area contributed by atoms with Gasteiger partial charge in [0.1, 0.15) is 5.82 Å². The molecule has 1 aromatic carbocycles. The molecule has 2 amide bonds. The van der Waals surface area contributed by atoms with Gasteiger partial charge in [0.15, 0.2) is 0 Å². The highest BCUT2D eigenvalue weighted by Crippen LogP contribution is 2.34. The average Bonchev–Trinajstić information content (AvgIpc) is 3.46. The van der Waals surface area contributed by atoms with Crippen LogP contribution in [0, 0.1) is 5.82 Å². The second-order valence-corrected chi connectivity index (χ2v) is 8.79. The van der Waals surface area contributed by atoms with Crippen molar-refractivity contribution in [3.8, 4) is 0 Å². The van der Waals surface area contributed by atoms with Crippen LogP contribution in [-0.2, 0) is 16.1 Å². The van der Waals surface area contributed by atoms with E-state index in [0.717, 1.165) is 17.5 Å². The van der Waals surface area contributed by atoms with E-state index in [1.54, 1.807) is 18.1 Å². The lowest BCUT2D eigenvalue weighted by atomic mass is 10.1. The van der Waals surface area contributed by atoms with E-state index in [-0.39, 0.29) is 30.3 Å². The van der Waals surface area contributed by atoms with Gasteiger partial charge in [-0.1, -0.05) is 6.07 Å². The maximum atomic E-state index is 14.4. The fraction of sp³-hybridized carbons (Fsp3) is 0.524. The number of hydrogen-bond acceptors (Lipinski definition) is 5. The molecule has 29 heavy (non-hydrogen) atoms. The van der Waals surface area contributed by atoms with E-state index in [1.165, 1.54) is 17.4 Å². The Hall–Kier alpha value is -2.03. The smallest absolute Gasteiger partial charge is 0.264 e. The zero-order chi connectivity index (χ0) is 20.5. The van der Waals surface area contributed by atoms with Crippen LogP contribution in [0.5, 0.6) is 0 Å². The van der Waals surface area contributed by atoms with Gasteiger partial charge in [-0.15, -0.1) is 11.3 Å². The number of ether oxygens (including phenoxy) is 1. The van der Waals surface area contributed by atoms with Gasteiger partial charge < -0.3 is 15.0 Å². The van der Waals surface area contributed by atoms with Crippen molar-refractivity contribution in [1.82, 2.24) is 15.1 Å². The molecule has 1 aliphatic heterocycles. The molecule has 1 aliphatic carbocycles. The van der Waals surface area contributed by atoms with Gasteiger partial charge in [-0.25, -0.2) is 4.39 Å². The number of rotatable bonds is 6. The molecule has 2 fully saturated rings. The summed E-state index contributed by atoms with van der Waals surface area (Å²) in [6.45, 7) is 4.49. The van der Waals surface area contributed by atoms with Gasteiger partial charge in [0, 0.05) is 55.0 Å². The third kappa shape index (κ3) is 4.15. The van der Waals surface area contributed by atoms with Crippen LogP contribution in [0.1, 0.15) is 35.0 Å². The predicted octanol–water partition coefficient (Wildman–Crippen LogP) is 2.61. The van der Waals surface area contributed by atoms with Gasteiger partial charge in [0.25, 0.3) is 5.91 Å². The number of methoxy groups -OCH3 is 1. The molecule has 0 spiro atoms. The minimum atomic E-state index is -0.329. The Morgan fingerprint density at radius 3 is 2.66 bits per heavy atom. The number of halogens is 1. The molecule has 0 radical (unpaired) electrons. The first kappa shape index (κ1) is 20.3. The fourth-order valence-corrected chi connectivity index (χ4v) is 4.98. The number of thiophene rings is 1. The van der Waals surface area contributed by atoms with Gasteiger partial charge in [0.05, 0.1) is 17.5 Å². The number of piperazine rings is 1. The number of amides is 2. The lowest BCUT2D eigenvalue weighted by Crippen LogP contribution is -2.55. The summed E-state index contributed by atoms with van der Waals surface area (Å²) in [6, 6.07) is 5.05. The lowest BCUT2D eigenvalue weighted by molar-refractivity contribution is -0.126. The van der Waals surface area contributed by atoms with Crippen LogP contribution in [0.4, 0.5) is 4.39 Å². The largest absolute Gasteiger partial charge is 0.380 e. The van der Waals surface area contributed by atoms with Crippen molar-refractivity contribution in [2.75, 3.05) is 33.3 Å². The molecule has 1 saturated heterocycles. The van der Waals surface area contributed by atoms with Gasteiger partial charge in [-0.2, -0.15) is 0 Å². The molecule has 1 unspecified atom stereocenters. The van der Waals surface area contributed by atoms with Crippen LogP contribution < -0.4 is 5.32 Å². The predicted molar refractivity (Wildman–Crippen MR) is 111 cm³/mol. The Morgan fingerprint density at radius 2 is 2.00 bits per heavy atom. The molecular formula is C21H26FN3O3S. The number of carbonyl (C=O) groups is 2. The van der Waals surface area contributed by atoms with E-state index < -0.39 is 0 Å². The summed E-state index contributed by atoms with van der Waals surface area (Å²) in [5.41, 5.74) is 0.621. The van der Waals surface area contributed by atoms with Gasteiger partial charge in [-0.3, -0.25) is 14.5 Å². The lowest BCUT2D eigenvalue weighted by Gasteiger charge is -2.37. The molecule has 2 aliphatic rings. The number of benzene rings is 1. The van der Waals surface area contributed by atoms with Gasteiger partial charge in [-0.05, 0) is 31.9 Å². The Morgan fingerprint density at radius 1 is 1.28 bits per heavy atom. The van der Waals surface area contributed by atoms with Crippen LogP contribution in [0.2, 0.25) is 0 Å². The Kier molecular flexibility index (Phi) is 5.85. The van der Waals surface area contributed by atoms with E-state index in [9.17, 15) is 14.0 Å². The summed E-state index contributed by atoms with van der Waals surface area (Å²) < 4.78 is 20.4. The minimum absolute atomic E-state index is 0.0645. The van der Waals surface area contributed by atoms with Crippen LogP contribution in [0.15, 0.2) is 18.2 Å². The first-order valence-electron chi connectivity index (χ1n) is 10.0. The highest BCUT2D eigenvalue weighted by molar-refractivity contribution is 7.21. The summed E-state index contributed by atoms with van der Waals surface area (Å²) >= 11 is 1.32. The molecule has 2 heterocycles. The van der Waals surface area contributed by atoms with Gasteiger partial charge in [0.2, 0.25) is 5.91 Å².